The number of quaternary nitrogens is 2. The molecule has 0 aliphatic carbocycles. The van der Waals surface area contributed by atoms with E-state index in [1.54, 1.807) is 0 Å². The molecule has 33 heavy (non-hydrogen) atoms. The molecule has 0 unspecified atom stereocenters. The Labute approximate surface area is 199 Å². The molecule has 0 bridgehead atoms. The quantitative estimate of drug-likeness (QED) is 0.358. The third-order valence-corrected chi connectivity index (χ3v) is 2.41. The number of nitrogens with two attached hydrogens (primary N) is 2. The second-order valence-corrected chi connectivity index (χ2v) is 5.16. The molecule has 0 spiro atoms. The van der Waals surface area contributed by atoms with Crippen molar-refractivity contribution < 1.29 is 78.3 Å². The smallest absolute Gasteiger partial charge is 0.545 e. The van der Waals surface area contributed by atoms with Crippen LogP contribution in [0, 0.1) is 0 Å². The molecule has 0 aliphatic rings. The fourth-order valence-corrected chi connectivity index (χ4v) is 1.34. The van der Waals surface area contributed by atoms with Crippen LogP contribution in [0.1, 0.15) is 41.7 Å². The van der Waals surface area contributed by atoms with Gasteiger partial charge in [-0.15, -0.1) is 0 Å². The zero-order chi connectivity index (χ0) is 23.7. The van der Waals surface area contributed by atoms with Crippen LogP contribution < -0.4 is 31.1 Å². The summed E-state index contributed by atoms with van der Waals surface area (Å²) in [6.07, 6.45) is 2.13. The van der Waals surface area contributed by atoms with E-state index in [0.717, 1.165) is 36.7 Å². The number of hydrogen-bond donors (Lipinski definition) is 2. The minimum atomic E-state index is -1.52. The van der Waals surface area contributed by atoms with Crippen LogP contribution in [0.15, 0.2) is 36.7 Å². The van der Waals surface area contributed by atoms with Crippen molar-refractivity contribution in [3.63, 3.8) is 0 Å². The van der Waals surface area contributed by atoms with Gasteiger partial charge in [0.1, 0.15) is 0 Å². The predicted molar refractivity (Wildman–Crippen MR) is 101 cm³/mol. The van der Waals surface area contributed by atoms with Crippen molar-refractivity contribution in [1.82, 2.24) is 9.97 Å². The standard InChI is InChI=1S/2C7H5NO4.2C2H7N.Cu.2H2O/c2*9-6(10)4-1-2-8-5(3-4)7(11)12;2*1-3-2;;;/h2*1-3H,(H,9,10)(H,11,12);2*3H,1-2H3;;2*1H2/q;;;;+2;;/p-2. The molecule has 15 heteroatoms. The summed E-state index contributed by atoms with van der Waals surface area (Å²) in [6.45, 7) is 0. The summed E-state index contributed by atoms with van der Waals surface area (Å²) < 4.78 is 0. The fourth-order valence-electron chi connectivity index (χ4n) is 1.34. The number of carbonyl (C=O) groups excluding carboxylic acids is 4. The molecule has 0 saturated heterocycles. The summed E-state index contributed by atoms with van der Waals surface area (Å²) >= 11 is 0. The van der Waals surface area contributed by atoms with Crippen LogP contribution in [-0.4, -0.2) is 73.0 Å². The van der Waals surface area contributed by atoms with E-state index in [9.17, 15) is 39.6 Å². The number of carbonyl (C=O) groups is 4. The Bertz CT molecular complexity index is 724. The average molecular weight is 522 g/mol. The van der Waals surface area contributed by atoms with Gasteiger partial charge in [0, 0.05) is 23.5 Å². The van der Waals surface area contributed by atoms with E-state index in [-0.39, 0.29) is 39.1 Å². The van der Waals surface area contributed by atoms with Gasteiger partial charge >= 0.3 is 17.1 Å². The Balaban J connectivity index is -0.000000119. The van der Waals surface area contributed by atoms with Crippen molar-refractivity contribution in [3.05, 3.63) is 59.2 Å². The maximum Gasteiger partial charge on any atom is 2.00 e. The summed E-state index contributed by atoms with van der Waals surface area (Å²) in [5.41, 5.74) is -1.30. The molecular formula is C18H26CuN4O10. The maximum atomic E-state index is 10.2. The first-order valence-electron chi connectivity index (χ1n) is 8.30. The molecule has 2 aromatic rings. The normalized spacial score (nSPS) is 7.88. The van der Waals surface area contributed by atoms with Crippen molar-refractivity contribution in [1.29, 1.82) is 0 Å². The van der Waals surface area contributed by atoms with Crippen LogP contribution in [0.4, 0.5) is 0 Å². The second-order valence-electron chi connectivity index (χ2n) is 5.16. The van der Waals surface area contributed by atoms with Crippen LogP contribution in [0.2, 0.25) is 0 Å². The first kappa shape index (κ1) is 40.0. The first-order valence-corrected chi connectivity index (χ1v) is 8.30. The van der Waals surface area contributed by atoms with Gasteiger partial charge in [-0.3, -0.25) is 9.97 Å². The summed E-state index contributed by atoms with van der Waals surface area (Å²) in [6, 6.07) is 4.04. The number of aromatic nitrogens is 2. The van der Waals surface area contributed by atoms with E-state index in [2.05, 4.69) is 9.97 Å². The molecule has 0 aromatic carbocycles. The number of carboxylic acids is 4. The monoisotopic (exact) mass is 521 g/mol. The van der Waals surface area contributed by atoms with E-state index < -0.39 is 35.3 Å². The minimum absolute atomic E-state index is 0. The summed E-state index contributed by atoms with van der Waals surface area (Å²) in [4.78, 5) is 47.6. The minimum Gasteiger partial charge on any atom is -0.545 e. The van der Waals surface area contributed by atoms with Crippen LogP contribution >= 0.6 is 0 Å². The number of nitrogens with zero attached hydrogens (tertiary/aromatic N) is 2. The third-order valence-electron chi connectivity index (χ3n) is 2.41. The van der Waals surface area contributed by atoms with Crippen molar-refractivity contribution >= 4 is 23.9 Å². The number of rotatable bonds is 4. The topological polar surface area (TPSA) is 283 Å². The Kier molecular flexibility index (Phi) is 28.1. The molecule has 0 fully saturated rings. The number of aromatic carboxylic acids is 4. The molecule has 0 amide bonds. The number of carboxylic acid groups (broad SMARTS) is 4. The van der Waals surface area contributed by atoms with Crippen LogP contribution in [0.25, 0.3) is 0 Å². The van der Waals surface area contributed by atoms with Crippen molar-refractivity contribution in [2.24, 2.45) is 0 Å². The van der Waals surface area contributed by atoms with Gasteiger partial charge in [-0.1, -0.05) is 0 Å². The Morgan fingerprint density at radius 2 is 0.879 bits per heavy atom. The fraction of sp³-hybridized carbons (Fsp3) is 0.222. The van der Waals surface area contributed by atoms with Gasteiger partial charge in [-0.25, -0.2) is 0 Å². The van der Waals surface area contributed by atoms with Crippen LogP contribution in [0.3, 0.4) is 0 Å². The van der Waals surface area contributed by atoms with Crippen LogP contribution in [-0.2, 0) is 17.1 Å². The van der Waals surface area contributed by atoms with Gasteiger partial charge in [-0.2, -0.15) is 0 Å². The van der Waals surface area contributed by atoms with Crippen molar-refractivity contribution in [3.8, 4) is 0 Å². The molecule has 2 rings (SSSR count). The average Bonchev–Trinajstić information content (AvgIpc) is 2.70. The molecule has 8 N–H and O–H groups in total. The first-order chi connectivity index (χ1) is 14.0. The molecule has 0 atom stereocenters. The largest absolute Gasteiger partial charge is 2.00 e. The van der Waals surface area contributed by atoms with Crippen molar-refractivity contribution in [2.75, 3.05) is 28.2 Å². The van der Waals surface area contributed by atoms with E-state index in [1.807, 2.05) is 38.8 Å². The Morgan fingerprint density at radius 1 is 0.636 bits per heavy atom. The summed E-state index contributed by atoms with van der Waals surface area (Å²) in [5, 5.41) is 44.8. The third kappa shape index (κ3) is 19.0. The van der Waals surface area contributed by atoms with Gasteiger partial charge in [0.05, 0.1) is 63.5 Å². The summed E-state index contributed by atoms with van der Waals surface area (Å²) in [5.74, 6) is -5.92. The SMILES string of the molecule is C[NH2+]C.C[NH2+]C.O.O.O=C([O-])c1ccnc(C(=O)[O-])c1.O=C([O-])c1ccnc(C(=O)[O-])c1.[Cu+2]. The zero-order valence-electron chi connectivity index (χ0n) is 18.1. The number of hydrogen-bond acceptors (Lipinski definition) is 10. The van der Waals surface area contributed by atoms with E-state index >= 15 is 0 Å². The predicted octanol–water partition coefficient (Wildman–Crippen LogP) is -8.42. The van der Waals surface area contributed by atoms with Gasteiger partial charge in [0.15, 0.2) is 0 Å². The molecule has 2 heterocycles. The van der Waals surface area contributed by atoms with E-state index in [1.165, 1.54) is 0 Å². The molecule has 2 aromatic heterocycles. The zero-order valence-corrected chi connectivity index (χ0v) is 19.0. The van der Waals surface area contributed by atoms with Crippen molar-refractivity contribution in [2.45, 2.75) is 0 Å². The number of pyridine rings is 2. The molecular weight excluding hydrogens is 496 g/mol. The van der Waals surface area contributed by atoms with Gasteiger partial charge in [0.25, 0.3) is 0 Å². The Hall–Kier alpha value is -3.46. The molecule has 0 saturated carbocycles. The molecule has 14 nitrogen and oxygen atoms in total. The molecule has 1 radical (unpaired) electrons. The molecule has 0 aliphatic heterocycles. The van der Waals surface area contributed by atoms with E-state index in [0.29, 0.717) is 0 Å². The van der Waals surface area contributed by atoms with Gasteiger partial charge in [0.2, 0.25) is 0 Å². The maximum absolute atomic E-state index is 10.2. The Morgan fingerprint density at radius 3 is 1.06 bits per heavy atom. The summed E-state index contributed by atoms with van der Waals surface area (Å²) in [7, 11) is 8.00. The molecule has 189 valence electrons. The van der Waals surface area contributed by atoms with E-state index in [4.69, 9.17) is 0 Å². The second kappa shape index (κ2) is 23.2. The van der Waals surface area contributed by atoms with Gasteiger partial charge in [-0.05, 0) is 24.3 Å². The van der Waals surface area contributed by atoms with Gasteiger partial charge < -0.3 is 61.2 Å². The van der Waals surface area contributed by atoms with Crippen LogP contribution in [0.5, 0.6) is 0 Å².